The number of imidazole rings is 1. The minimum absolute atomic E-state index is 0.366. The lowest BCUT2D eigenvalue weighted by Gasteiger charge is -2.21. The first kappa shape index (κ1) is 15.3. The van der Waals surface area contributed by atoms with Crippen LogP contribution in [0.2, 0.25) is 0 Å². The van der Waals surface area contributed by atoms with Gasteiger partial charge in [0.2, 0.25) is 5.95 Å². The molecule has 2 heterocycles. The Morgan fingerprint density at radius 2 is 1.86 bits per heavy atom. The number of H-pyrrole nitrogens is 1. The van der Waals surface area contributed by atoms with E-state index < -0.39 is 5.69 Å². The van der Waals surface area contributed by atoms with Crippen molar-refractivity contribution in [3.63, 3.8) is 0 Å². The number of unbranched alkanes of at least 4 members (excludes halogenated alkanes) is 1. The molecule has 0 radical (unpaired) electrons. The van der Waals surface area contributed by atoms with Crippen molar-refractivity contribution in [3.05, 3.63) is 20.8 Å². The minimum atomic E-state index is -0.432. The quantitative estimate of drug-likeness (QED) is 0.864. The Kier molecular flexibility index (Phi) is 4.50. The van der Waals surface area contributed by atoms with Gasteiger partial charge in [0.15, 0.2) is 11.2 Å². The molecular formula is C14H23N5O2. The lowest BCUT2D eigenvalue weighted by molar-refractivity contribution is 0.630. The van der Waals surface area contributed by atoms with E-state index in [9.17, 15) is 9.59 Å². The van der Waals surface area contributed by atoms with Crippen LogP contribution in [-0.2, 0) is 13.6 Å². The molecule has 0 bridgehead atoms. The molecule has 0 aliphatic rings. The fourth-order valence-electron chi connectivity index (χ4n) is 2.50. The topological polar surface area (TPSA) is 75.9 Å². The molecule has 0 amide bonds. The number of hydrogen-bond acceptors (Lipinski definition) is 4. The smallest absolute Gasteiger partial charge is 0.329 e. The van der Waals surface area contributed by atoms with E-state index >= 15 is 0 Å². The largest absolute Gasteiger partial charge is 0.343 e. The second-order valence-corrected chi connectivity index (χ2v) is 5.08. The van der Waals surface area contributed by atoms with Gasteiger partial charge in [-0.2, -0.15) is 4.98 Å². The van der Waals surface area contributed by atoms with Crippen molar-refractivity contribution in [2.24, 2.45) is 7.05 Å². The molecule has 2 rings (SSSR count). The van der Waals surface area contributed by atoms with Crippen LogP contribution in [0.4, 0.5) is 5.95 Å². The number of nitrogens with zero attached hydrogens (tertiary/aromatic N) is 4. The van der Waals surface area contributed by atoms with Gasteiger partial charge >= 0.3 is 5.69 Å². The van der Waals surface area contributed by atoms with Crippen LogP contribution in [0.3, 0.4) is 0 Å². The fourth-order valence-corrected chi connectivity index (χ4v) is 2.50. The summed E-state index contributed by atoms with van der Waals surface area (Å²) < 4.78 is 3.33. The molecule has 7 heteroatoms. The van der Waals surface area contributed by atoms with Crippen molar-refractivity contribution in [1.29, 1.82) is 0 Å². The normalized spacial score (nSPS) is 11.2. The molecule has 21 heavy (non-hydrogen) atoms. The van der Waals surface area contributed by atoms with Crippen molar-refractivity contribution >= 4 is 17.1 Å². The van der Waals surface area contributed by atoms with Crippen molar-refractivity contribution in [2.75, 3.05) is 18.0 Å². The molecule has 1 N–H and O–H groups in total. The third-order valence-corrected chi connectivity index (χ3v) is 3.77. The van der Waals surface area contributed by atoms with Gasteiger partial charge in [0, 0.05) is 26.7 Å². The predicted molar refractivity (Wildman–Crippen MR) is 84.1 cm³/mol. The molecule has 0 atom stereocenters. The molecule has 0 aromatic carbocycles. The van der Waals surface area contributed by atoms with Crippen LogP contribution in [-0.4, -0.2) is 32.2 Å². The average Bonchev–Trinajstić information content (AvgIpc) is 2.84. The van der Waals surface area contributed by atoms with E-state index in [2.05, 4.69) is 35.6 Å². The SMILES string of the molecule is CCCCn1c(N(CC)CC)nc2c1c(=O)[nH]c(=O)n2C. The van der Waals surface area contributed by atoms with E-state index in [1.165, 1.54) is 4.57 Å². The molecule has 0 unspecified atom stereocenters. The Morgan fingerprint density at radius 3 is 2.43 bits per heavy atom. The van der Waals surface area contributed by atoms with Gasteiger partial charge in [-0.05, 0) is 20.3 Å². The van der Waals surface area contributed by atoms with Crippen LogP contribution in [0.1, 0.15) is 33.6 Å². The van der Waals surface area contributed by atoms with Gasteiger partial charge in [0.1, 0.15) is 0 Å². The Hall–Kier alpha value is -2.05. The van der Waals surface area contributed by atoms with Gasteiger partial charge in [-0.3, -0.25) is 14.3 Å². The lowest BCUT2D eigenvalue weighted by atomic mass is 10.3. The molecule has 0 spiro atoms. The highest BCUT2D eigenvalue weighted by Crippen LogP contribution is 2.19. The van der Waals surface area contributed by atoms with Gasteiger partial charge < -0.3 is 9.47 Å². The number of nitrogens with one attached hydrogen (secondary N) is 1. The van der Waals surface area contributed by atoms with Crippen LogP contribution in [0.15, 0.2) is 9.59 Å². The van der Waals surface area contributed by atoms with E-state index in [0.29, 0.717) is 11.2 Å². The maximum absolute atomic E-state index is 12.2. The first-order valence-corrected chi connectivity index (χ1v) is 7.49. The summed E-state index contributed by atoms with van der Waals surface area (Å²) in [4.78, 5) is 33.0. The summed E-state index contributed by atoms with van der Waals surface area (Å²) in [6.45, 7) is 8.54. The van der Waals surface area contributed by atoms with Crippen molar-refractivity contribution in [3.8, 4) is 0 Å². The summed E-state index contributed by atoms with van der Waals surface area (Å²) in [6, 6.07) is 0. The number of aryl methyl sites for hydroxylation is 2. The molecule has 2 aromatic rings. The van der Waals surface area contributed by atoms with Crippen molar-refractivity contribution in [2.45, 2.75) is 40.2 Å². The number of fused-ring (bicyclic) bond motifs is 1. The number of aromatic nitrogens is 4. The van der Waals surface area contributed by atoms with E-state index in [-0.39, 0.29) is 5.56 Å². The monoisotopic (exact) mass is 293 g/mol. The third kappa shape index (κ3) is 2.59. The second-order valence-electron chi connectivity index (χ2n) is 5.08. The molecule has 0 fully saturated rings. The minimum Gasteiger partial charge on any atom is -0.343 e. The van der Waals surface area contributed by atoms with E-state index in [1.807, 2.05) is 4.57 Å². The first-order valence-electron chi connectivity index (χ1n) is 7.49. The molecular weight excluding hydrogens is 270 g/mol. The maximum atomic E-state index is 12.2. The third-order valence-electron chi connectivity index (χ3n) is 3.77. The fraction of sp³-hybridized carbons (Fsp3) is 0.643. The zero-order chi connectivity index (χ0) is 15.6. The van der Waals surface area contributed by atoms with Crippen LogP contribution in [0, 0.1) is 0 Å². The molecule has 116 valence electrons. The number of anilines is 1. The van der Waals surface area contributed by atoms with E-state index in [0.717, 1.165) is 38.4 Å². The van der Waals surface area contributed by atoms with Gasteiger partial charge in [-0.1, -0.05) is 13.3 Å². The lowest BCUT2D eigenvalue weighted by Crippen LogP contribution is -2.29. The highest BCUT2D eigenvalue weighted by atomic mass is 16.2. The second kappa shape index (κ2) is 6.15. The van der Waals surface area contributed by atoms with E-state index in [1.54, 1.807) is 7.05 Å². The summed E-state index contributed by atoms with van der Waals surface area (Å²) in [7, 11) is 1.63. The number of aromatic amines is 1. The highest BCUT2D eigenvalue weighted by Gasteiger charge is 2.19. The first-order chi connectivity index (χ1) is 10.0. The van der Waals surface area contributed by atoms with Gasteiger partial charge in [-0.25, -0.2) is 4.79 Å². The van der Waals surface area contributed by atoms with Crippen LogP contribution < -0.4 is 16.1 Å². The summed E-state index contributed by atoms with van der Waals surface area (Å²) >= 11 is 0. The van der Waals surface area contributed by atoms with Crippen LogP contribution in [0.25, 0.3) is 11.2 Å². The molecule has 0 saturated heterocycles. The molecule has 0 aliphatic carbocycles. The molecule has 2 aromatic heterocycles. The Morgan fingerprint density at radius 1 is 1.19 bits per heavy atom. The summed E-state index contributed by atoms with van der Waals surface area (Å²) in [5, 5.41) is 0. The highest BCUT2D eigenvalue weighted by molar-refractivity contribution is 5.74. The van der Waals surface area contributed by atoms with Crippen LogP contribution >= 0.6 is 0 Å². The van der Waals surface area contributed by atoms with E-state index in [4.69, 9.17) is 0 Å². The average molecular weight is 293 g/mol. The maximum Gasteiger partial charge on any atom is 0.329 e. The summed E-state index contributed by atoms with van der Waals surface area (Å²) in [6.07, 6.45) is 1.99. The molecule has 0 aliphatic heterocycles. The zero-order valence-corrected chi connectivity index (χ0v) is 13.1. The van der Waals surface area contributed by atoms with Gasteiger partial charge in [-0.15, -0.1) is 0 Å². The molecule has 0 saturated carbocycles. The van der Waals surface area contributed by atoms with Gasteiger partial charge in [0.05, 0.1) is 0 Å². The van der Waals surface area contributed by atoms with Crippen molar-refractivity contribution < 1.29 is 0 Å². The predicted octanol–water partition coefficient (Wildman–Crippen LogP) is 1.07. The van der Waals surface area contributed by atoms with Crippen molar-refractivity contribution in [1.82, 2.24) is 19.1 Å². The summed E-state index contributed by atoms with van der Waals surface area (Å²) in [5.74, 6) is 0.759. The Bertz CT molecular complexity index is 736. The Balaban J connectivity index is 2.78. The van der Waals surface area contributed by atoms with Gasteiger partial charge in [0.25, 0.3) is 5.56 Å². The number of rotatable bonds is 6. The Labute approximate surface area is 123 Å². The number of hydrogen-bond donors (Lipinski definition) is 1. The molecule has 7 nitrogen and oxygen atoms in total. The summed E-state index contributed by atoms with van der Waals surface area (Å²) in [5.41, 5.74) is 0.128. The zero-order valence-electron chi connectivity index (χ0n) is 13.1. The standard InChI is InChI=1S/C14H23N5O2/c1-5-8-9-19-10-11(15-13(19)18(6-2)7-3)17(4)14(21)16-12(10)20/h5-9H2,1-4H3,(H,16,20,21). The van der Waals surface area contributed by atoms with Crippen LogP contribution in [0.5, 0.6) is 0 Å².